The molecule has 0 amide bonds. The predicted octanol–water partition coefficient (Wildman–Crippen LogP) is 7.70. The van der Waals surface area contributed by atoms with Crippen molar-refractivity contribution in [3.8, 4) is 21.8 Å². The number of aromatic nitrogens is 3. The third-order valence-corrected chi connectivity index (χ3v) is 12.7. The second kappa shape index (κ2) is 15.8. The fourth-order valence-corrected chi connectivity index (χ4v) is 9.01. The van der Waals surface area contributed by atoms with E-state index in [9.17, 15) is 34.6 Å². The monoisotopic (exact) mass is 819 g/mol. The lowest BCUT2D eigenvalue weighted by Gasteiger charge is -2.36. The van der Waals surface area contributed by atoms with Crippen LogP contribution in [0.4, 0.5) is 45.0 Å². The number of nitrogens with one attached hydrogen (secondary N) is 2. The summed E-state index contributed by atoms with van der Waals surface area (Å²) in [6.45, 7) is 6.18. The molecule has 0 spiro atoms. The molecule has 1 fully saturated rings. The molecule has 2 aromatic heterocycles. The van der Waals surface area contributed by atoms with Gasteiger partial charge in [0.2, 0.25) is 5.95 Å². The van der Waals surface area contributed by atoms with Crippen molar-refractivity contribution in [1.29, 1.82) is 0 Å². The van der Waals surface area contributed by atoms with E-state index in [-0.39, 0.29) is 29.0 Å². The van der Waals surface area contributed by atoms with Gasteiger partial charge in [-0.15, -0.1) is 11.3 Å². The SMILES string of the molecule is C=S(=O)(Nc1cccc(-c2nc(C(C)C)sc2-c2ccnc(Nc3ccc(N4CCN(CCS(C)(=O)=O)CC4)cc3C(F)(F)F)n2)c1)c1c(F)cccc1F. The van der Waals surface area contributed by atoms with Crippen molar-refractivity contribution in [3.05, 3.63) is 95.1 Å². The molecule has 1 aliphatic heterocycles. The normalized spacial score (nSPS) is 15.3. The lowest BCUT2D eigenvalue weighted by atomic mass is 10.1. The zero-order valence-corrected chi connectivity index (χ0v) is 32.5. The summed E-state index contributed by atoms with van der Waals surface area (Å²) in [5.74, 6) is 1.50. The summed E-state index contributed by atoms with van der Waals surface area (Å²) in [4.78, 5) is 17.4. The first kappa shape index (κ1) is 40.0. The molecule has 0 aliphatic carbocycles. The number of rotatable bonds is 12. The molecule has 1 saturated heterocycles. The summed E-state index contributed by atoms with van der Waals surface area (Å²) < 4.78 is 112. The van der Waals surface area contributed by atoms with Crippen LogP contribution in [0.3, 0.4) is 0 Å². The van der Waals surface area contributed by atoms with Crippen molar-refractivity contribution in [3.63, 3.8) is 0 Å². The largest absolute Gasteiger partial charge is 0.418 e. The number of anilines is 4. The van der Waals surface area contributed by atoms with Gasteiger partial charge in [-0.3, -0.25) is 4.90 Å². The molecule has 18 heteroatoms. The van der Waals surface area contributed by atoms with E-state index in [1.54, 1.807) is 36.4 Å². The first-order valence-corrected chi connectivity index (χ1v) is 21.7. The van der Waals surface area contributed by atoms with E-state index in [1.165, 1.54) is 29.9 Å². The highest BCUT2D eigenvalue weighted by Crippen LogP contribution is 2.41. The van der Waals surface area contributed by atoms with Crippen LogP contribution in [0.15, 0.2) is 77.8 Å². The Labute approximate surface area is 320 Å². The topological polar surface area (TPSA) is 120 Å². The molecule has 0 saturated carbocycles. The number of halogens is 5. The Balaban J connectivity index is 1.27. The third kappa shape index (κ3) is 9.60. The van der Waals surface area contributed by atoms with E-state index in [0.717, 1.165) is 29.3 Å². The highest BCUT2D eigenvalue weighted by Gasteiger charge is 2.35. The Bertz CT molecular complexity index is 2390. The van der Waals surface area contributed by atoms with Crippen molar-refractivity contribution in [1.82, 2.24) is 19.9 Å². The number of nitrogens with zero attached hydrogens (tertiary/aromatic N) is 5. The number of piperazine rings is 1. The van der Waals surface area contributed by atoms with Gasteiger partial charge in [0.05, 0.1) is 48.0 Å². The lowest BCUT2D eigenvalue weighted by Crippen LogP contribution is -2.47. The van der Waals surface area contributed by atoms with E-state index in [4.69, 9.17) is 4.98 Å². The quantitative estimate of drug-likeness (QED) is 0.0965. The molecule has 3 aromatic carbocycles. The molecular formula is C37H38F5N7O3S3. The van der Waals surface area contributed by atoms with Gasteiger partial charge in [0.25, 0.3) is 0 Å². The minimum atomic E-state index is -4.71. The van der Waals surface area contributed by atoms with Crippen molar-refractivity contribution in [2.75, 3.05) is 59.7 Å². The Morgan fingerprint density at radius 1 is 0.927 bits per heavy atom. The second-order valence-electron chi connectivity index (χ2n) is 13.4. The van der Waals surface area contributed by atoms with Crippen LogP contribution in [0, 0.1) is 11.6 Å². The molecular weight excluding hydrogens is 782 g/mol. The minimum absolute atomic E-state index is 0.00386. The van der Waals surface area contributed by atoms with Crippen molar-refractivity contribution in [2.45, 2.75) is 30.8 Å². The maximum absolute atomic E-state index is 14.5. The third-order valence-electron chi connectivity index (χ3n) is 8.76. The average molecular weight is 820 g/mol. The van der Waals surface area contributed by atoms with Crippen LogP contribution >= 0.6 is 11.3 Å². The van der Waals surface area contributed by atoms with Gasteiger partial charge in [0, 0.05) is 68.0 Å². The highest BCUT2D eigenvalue weighted by atomic mass is 32.2. The van der Waals surface area contributed by atoms with Crippen LogP contribution in [0.25, 0.3) is 21.8 Å². The summed E-state index contributed by atoms with van der Waals surface area (Å²) in [5, 5.41) is 3.50. The highest BCUT2D eigenvalue weighted by molar-refractivity contribution is 8.01. The van der Waals surface area contributed by atoms with Gasteiger partial charge in [-0.25, -0.2) is 36.4 Å². The summed E-state index contributed by atoms with van der Waals surface area (Å²) in [5.41, 5.74) is 0.903. The Kier molecular flexibility index (Phi) is 11.5. The molecule has 1 unspecified atom stereocenters. The summed E-state index contributed by atoms with van der Waals surface area (Å²) in [6, 6.07) is 15.4. The molecule has 1 aliphatic rings. The molecule has 5 aromatic rings. The number of benzene rings is 3. The molecule has 6 rings (SSSR count). The Morgan fingerprint density at radius 2 is 1.62 bits per heavy atom. The smallest absolute Gasteiger partial charge is 0.369 e. The number of sulfone groups is 1. The molecule has 1 atom stereocenters. The van der Waals surface area contributed by atoms with Gasteiger partial charge in [0.15, 0.2) is 0 Å². The number of alkyl halides is 3. The molecule has 2 N–H and O–H groups in total. The fraction of sp³-hybridized carbons (Fsp3) is 0.297. The maximum atomic E-state index is 14.5. The molecule has 0 radical (unpaired) electrons. The number of hydrogen-bond acceptors (Lipinski definition) is 10. The zero-order chi connectivity index (χ0) is 39.7. The van der Waals surface area contributed by atoms with Crippen LogP contribution in [0.1, 0.15) is 30.3 Å². The van der Waals surface area contributed by atoms with Gasteiger partial charge in [-0.1, -0.05) is 32.0 Å². The molecule has 10 nitrogen and oxygen atoms in total. The van der Waals surface area contributed by atoms with Crippen molar-refractivity contribution in [2.24, 2.45) is 0 Å². The van der Waals surface area contributed by atoms with E-state index in [2.05, 4.69) is 25.9 Å². The van der Waals surface area contributed by atoms with Crippen LogP contribution in [-0.2, 0) is 25.7 Å². The molecule has 0 bridgehead atoms. The summed E-state index contributed by atoms with van der Waals surface area (Å²) >= 11 is 1.34. The molecule has 292 valence electrons. The Hall–Kier alpha value is -4.65. The second-order valence-corrected chi connectivity index (χ2v) is 18.6. The van der Waals surface area contributed by atoms with Gasteiger partial charge in [-0.05, 0) is 54.4 Å². The summed E-state index contributed by atoms with van der Waals surface area (Å²) in [7, 11) is -6.79. The van der Waals surface area contributed by atoms with E-state index in [1.807, 2.05) is 23.6 Å². The van der Waals surface area contributed by atoms with Crippen LogP contribution in [-0.4, -0.2) is 83.1 Å². The lowest BCUT2D eigenvalue weighted by molar-refractivity contribution is -0.136. The minimum Gasteiger partial charge on any atom is -0.369 e. The summed E-state index contributed by atoms with van der Waals surface area (Å²) in [6.07, 6.45) is -2.11. The van der Waals surface area contributed by atoms with Crippen molar-refractivity contribution < 1.29 is 34.6 Å². The standard InChI is InChI=1S/C37H38F5N7O3S3/c1-23(2)35-46-32(24-7-5-8-25(21-24)47-55(4,52)34-28(38)9-6-10-29(34)39)33(53-35)31-13-14-43-36(45-31)44-30-12-11-26(22-27(30)37(40,41)42)49-17-15-48(16-18-49)19-20-54(3,50)51/h5-14,21-23H,4,15-20H2,1-3H3,(H,47,52)(H,43,44,45). The van der Waals surface area contributed by atoms with Crippen LogP contribution in [0.5, 0.6) is 0 Å². The number of thiazole rings is 1. The predicted molar refractivity (Wildman–Crippen MR) is 209 cm³/mol. The molecule has 3 heterocycles. The van der Waals surface area contributed by atoms with Gasteiger partial charge in [0.1, 0.15) is 26.4 Å². The first-order valence-electron chi connectivity index (χ1n) is 17.0. The molecule has 55 heavy (non-hydrogen) atoms. The Morgan fingerprint density at radius 3 is 2.27 bits per heavy atom. The zero-order valence-electron chi connectivity index (χ0n) is 30.0. The number of hydrogen-bond donors (Lipinski definition) is 2. The van der Waals surface area contributed by atoms with Gasteiger partial charge < -0.3 is 14.9 Å². The van der Waals surface area contributed by atoms with Gasteiger partial charge >= 0.3 is 6.18 Å². The average Bonchev–Trinajstić information content (AvgIpc) is 3.57. The van der Waals surface area contributed by atoms with Crippen molar-refractivity contribution >= 4 is 59.8 Å². The van der Waals surface area contributed by atoms with E-state index in [0.29, 0.717) is 60.2 Å². The van der Waals surface area contributed by atoms with E-state index < -0.39 is 47.8 Å². The first-order chi connectivity index (χ1) is 25.9. The van der Waals surface area contributed by atoms with E-state index >= 15 is 0 Å². The van der Waals surface area contributed by atoms with Crippen LogP contribution in [0.2, 0.25) is 0 Å². The van der Waals surface area contributed by atoms with Crippen LogP contribution < -0.4 is 14.9 Å². The van der Waals surface area contributed by atoms with Gasteiger partial charge in [-0.2, -0.15) is 13.2 Å². The fourth-order valence-electron chi connectivity index (χ4n) is 5.98. The maximum Gasteiger partial charge on any atom is 0.418 e.